The van der Waals surface area contributed by atoms with Gasteiger partial charge < -0.3 is 15.4 Å². The van der Waals surface area contributed by atoms with Crippen molar-refractivity contribution in [2.24, 2.45) is 5.10 Å². The van der Waals surface area contributed by atoms with Crippen LogP contribution in [0.15, 0.2) is 90.6 Å². The molecule has 0 atom stereocenters. The van der Waals surface area contributed by atoms with E-state index in [-0.39, 0.29) is 11.3 Å². The fourth-order valence-corrected chi connectivity index (χ4v) is 2.88. The van der Waals surface area contributed by atoms with Crippen molar-refractivity contribution in [1.29, 1.82) is 0 Å². The van der Waals surface area contributed by atoms with Crippen LogP contribution in [0.25, 0.3) is 0 Å². The largest absolute Gasteiger partial charge is 0.490 e. The van der Waals surface area contributed by atoms with E-state index in [4.69, 9.17) is 16.3 Å². The number of nitrogens with zero attached hydrogens (tertiary/aromatic N) is 1. The highest BCUT2D eigenvalue weighted by molar-refractivity contribution is 6.40. The third kappa shape index (κ3) is 7.04. The number of nitrogens with one attached hydrogen (secondary N) is 3. The summed E-state index contributed by atoms with van der Waals surface area (Å²) in [6.45, 7) is 3.94. The Morgan fingerprint density at radius 1 is 0.941 bits per heavy atom. The van der Waals surface area contributed by atoms with Gasteiger partial charge in [-0.05, 0) is 54.1 Å². The predicted octanol–water partition coefficient (Wildman–Crippen LogP) is 4.25. The van der Waals surface area contributed by atoms with Gasteiger partial charge in [-0.15, -0.1) is 0 Å². The highest BCUT2D eigenvalue weighted by Gasteiger charge is 2.17. The second kappa shape index (κ2) is 12.0. The fourth-order valence-electron chi connectivity index (χ4n) is 2.76. The zero-order valence-electron chi connectivity index (χ0n) is 18.0. The molecular weight excluding hydrogens is 456 g/mol. The second-order valence-electron chi connectivity index (χ2n) is 6.83. The molecule has 0 saturated heterocycles. The van der Waals surface area contributed by atoms with Gasteiger partial charge in [0.25, 0.3) is 5.91 Å². The molecule has 0 bridgehead atoms. The molecule has 0 spiro atoms. The van der Waals surface area contributed by atoms with Gasteiger partial charge in [-0.1, -0.05) is 48.5 Å². The molecule has 3 rings (SSSR count). The Hall–Kier alpha value is -4.43. The Balaban J connectivity index is 1.60. The van der Waals surface area contributed by atoms with Crippen LogP contribution in [0.4, 0.5) is 11.4 Å². The van der Waals surface area contributed by atoms with Gasteiger partial charge in [-0.2, -0.15) is 5.10 Å². The number of hydrazone groups is 1. The zero-order valence-corrected chi connectivity index (χ0v) is 18.7. The molecule has 3 N–H and O–H groups in total. The van der Waals surface area contributed by atoms with E-state index in [0.717, 1.165) is 0 Å². The van der Waals surface area contributed by atoms with Crippen molar-refractivity contribution in [3.05, 3.63) is 102 Å². The summed E-state index contributed by atoms with van der Waals surface area (Å²) in [4.78, 5) is 37.1. The van der Waals surface area contributed by atoms with Crippen LogP contribution in [0.3, 0.4) is 0 Å². The molecule has 8 nitrogen and oxygen atoms in total. The second-order valence-corrected chi connectivity index (χ2v) is 7.27. The van der Waals surface area contributed by atoms with E-state index in [0.29, 0.717) is 28.6 Å². The number of benzene rings is 3. The molecule has 0 radical (unpaired) electrons. The summed E-state index contributed by atoms with van der Waals surface area (Å²) in [6, 6.07) is 19.9. The third-order valence-corrected chi connectivity index (χ3v) is 4.59. The maximum Gasteiger partial charge on any atom is 0.329 e. The Morgan fingerprint density at radius 3 is 2.47 bits per heavy atom. The first-order valence-electron chi connectivity index (χ1n) is 10.1. The van der Waals surface area contributed by atoms with Gasteiger partial charge in [-0.3, -0.25) is 14.4 Å². The van der Waals surface area contributed by atoms with Crippen LogP contribution in [-0.4, -0.2) is 30.5 Å². The highest BCUT2D eigenvalue weighted by Crippen LogP contribution is 2.19. The molecule has 3 amide bonds. The van der Waals surface area contributed by atoms with Crippen LogP contribution in [-0.2, 0) is 9.59 Å². The number of rotatable bonds is 8. The van der Waals surface area contributed by atoms with Crippen LogP contribution in [0, 0.1) is 0 Å². The van der Waals surface area contributed by atoms with Crippen molar-refractivity contribution in [3.63, 3.8) is 0 Å². The number of halogens is 1. The summed E-state index contributed by atoms with van der Waals surface area (Å²) in [5, 5.41) is 9.47. The van der Waals surface area contributed by atoms with Gasteiger partial charge in [0, 0.05) is 10.7 Å². The van der Waals surface area contributed by atoms with Gasteiger partial charge in [0.15, 0.2) is 0 Å². The summed E-state index contributed by atoms with van der Waals surface area (Å²) in [5.41, 5.74) is 3.69. The third-order valence-electron chi connectivity index (χ3n) is 4.33. The van der Waals surface area contributed by atoms with Gasteiger partial charge >= 0.3 is 11.8 Å². The number of anilines is 2. The lowest BCUT2D eigenvalue weighted by atomic mass is 10.1. The van der Waals surface area contributed by atoms with E-state index < -0.39 is 17.7 Å². The summed E-state index contributed by atoms with van der Waals surface area (Å²) in [7, 11) is 0. The van der Waals surface area contributed by atoms with Gasteiger partial charge in [-0.25, -0.2) is 5.43 Å². The molecule has 0 aromatic heterocycles. The molecule has 0 aliphatic rings. The molecule has 3 aromatic carbocycles. The number of carbonyl (C=O) groups is 3. The van der Waals surface area contributed by atoms with Crippen molar-refractivity contribution < 1.29 is 19.1 Å². The molecule has 0 unspecified atom stereocenters. The van der Waals surface area contributed by atoms with E-state index in [2.05, 4.69) is 27.7 Å². The molecule has 3 aromatic rings. The minimum Gasteiger partial charge on any atom is -0.490 e. The number of hydrogen-bond donors (Lipinski definition) is 3. The molecule has 0 fully saturated rings. The first kappa shape index (κ1) is 24.2. The van der Waals surface area contributed by atoms with E-state index in [1.807, 2.05) is 0 Å². The quantitative estimate of drug-likeness (QED) is 0.195. The van der Waals surface area contributed by atoms with E-state index in [9.17, 15) is 14.4 Å². The number of hydrogen-bond acceptors (Lipinski definition) is 5. The van der Waals surface area contributed by atoms with Crippen molar-refractivity contribution in [1.82, 2.24) is 5.43 Å². The standard InChI is InChI=1S/C25H21ClN4O4/c1-2-14-34-20-7-5-6-17(15-20)16-27-30-25(33)24(32)29-22-9-4-3-8-21(22)23(31)28-19-12-10-18(26)11-13-19/h2-13,15-16H,1,14H2,(H,28,31)(H,29,32)(H,30,33)/b27-16+. The molecule has 0 aliphatic heterocycles. The Kier molecular flexibility index (Phi) is 8.54. The maximum absolute atomic E-state index is 12.7. The molecular formula is C25H21ClN4O4. The Bertz CT molecular complexity index is 1230. The number of carbonyl (C=O) groups excluding carboxylic acids is 3. The molecule has 34 heavy (non-hydrogen) atoms. The Morgan fingerprint density at radius 2 is 1.71 bits per heavy atom. The minimum absolute atomic E-state index is 0.171. The summed E-state index contributed by atoms with van der Waals surface area (Å²) in [5.74, 6) is -1.83. The van der Waals surface area contributed by atoms with Crippen molar-refractivity contribution in [3.8, 4) is 5.75 Å². The van der Waals surface area contributed by atoms with E-state index in [1.54, 1.807) is 66.7 Å². The average molecular weight is 477 g/mol. The topological polar surface area (TPSA) is 109 Å². The smallest absolute Gasteiger partial charge is 0.329 e. The first-order valence-corrected chi connectivity index (χ1v) is 10.5. The summed E-state index contributed by atoms with van der Waals surface area (Å²) in [6.07, 6.45) is 3.00. The highest BCUT2D eigenvalue weighted by atomic mass is 35.5. The normalized spacial score (nSPS) is 10.4. The van der Waals surface area contributed by atoms with Crippen LogP contribution in [0.5, 0.6) is 5.75 Å². The number of ether oxygens (including phenoxy) is 1. The lowest BCUT2D eigenvalue weighted by Crippen LogP contribution is -2.33. The van der Waals surface area contributed by atoms with Crippen LogP contribution in [0.1, 0.15) is 15.9 Å². The van der Waals surface area contributed by atoms with E-state index in [1.165, 1.54) is 18.3 Å². The SMILES string of the molecule is C=CCOc1cccc(/C=N/NC(=O)C(=O)Nc2ccccc2C(=O)Nc2ccc(Cl)cc2)c1. The average Bonchev–Trinajstić information content (AvgIpc) is 2.84. The number of amides is 3. The van der Waals surface area contributed by atoms with Crippen molar-refractivity contribution in [2.75, 3.05) is 17.2 Å². The molecule has 9 heteroatoms. The Labute approximate surface area is 201 Å². The molecule has 0 heterocycles. The summed E-state index contributed by atoms with van der Waals surface area (Å²) < 4.78 is 5.43. The van der Waals surface area contributed by atoms with Gasteiger partial charge in [0.05, 0.1) is 17.5 Å². The fraction of sp³-hybridized carbons (Fsp3) is 0.0400. The molecule has 172 valence electrons. The summed E-state index contributed by atoms with van der Waals surface area (Å²) >= 11 is 5.86. The van der Waals surface area contributed by atoms with Crippen LogP contribution >= 0.6 is 11.6 Å². The lowest BCUT2D eigenvalue weighted by Gasteiger charge is -2.11. The van der Waals surface area contributed by atoms with Gasteiger partial charge in [0.1, 0.15) is 12.4 Å². The maximum atomic E-state index is 12.7. The number of para-hydroxylation sites is 1. The predicted molar refractivity (Wildman–Crippen MR) is 132 cm³/mol. The first-order chi connectivity index (χ1) is 16.5. The zero-order chi connectivity index (χ0) is 24.3. The molecule has 0 saturated carbocycles. The minimum atomic E-state index is -0.997. The van der Waals surface area contributed by atoms with Crippen LogP contribution in [0.2, 0.25) is 5.02 Å². The monoisotopic (exact) mass is 476 g/mol. The van der Waals surface area contributed by atoms with Gasteiger partial charge in [0.2, 0.25) is 0 Å². The van der Waals surface area contributed by atoms with E-state index >= 15 is 0 Å². The van der Waals surface area contributed by atoms with Crippen LogP contribution < -0.4 is 20.8 Å². The lowest BCUT2D eigenvalue weighted by molar-refractivity contribution is -0.136. The molecule has 0 aliphatic carbocycles. The van der Waals surface area contributed by atoms with Crippen molar-refractivity contribution >= 4 is 46.9 Å². The van der Waals surface area contributed by atoms with Crippen molar-refractivity contribution in [2.45, 2.75) is 0 Å².